The maximum absolute atomic E-state index is 13.0. The van der Waals surface area contributed by atoms with E-state index in [0.29, 0.717) is 32.7 Å². The van der Waals surface area contributed by atoms with Gasteiger partial charge in [0.2, 0.25) is 5.88 Å². The van der Waals surface area contributed by atoms with Crippen molar-refractivity contribution >= 4 is 39.1 Å². The van der Waals surface area contributed by atoms with Gasteiger partial charge in [-0.2, -0.15) is 4.98 Å². The van der Waals surface area contributed by atoms with E-state index in [-0.39, 0.29) is 24.5 Å². The van der Waals surface area contributed by atoms with E-state index in [0.717, 1.165) is 36.6 Å². The highest BCUT2D eigenvalue weighted by atomic mass is 32.1. The van der Waals surface area contributed by atoms with E-state index in [9.17, 15) is 9.59 Å². The van der Waals surface area contributed by atoms with E-state index in [1.54, 1.807) is 38.5 Å². The molecule has 1 fully saturated rings. The third-order valence-corrected chi connectivity index (χ3v) is 6.76. The number of hydrogen-bond donors (Lipinski definition) is 2. The van der Waals surface area contributed by atoms with Gasteiger partial charge in [0.25, 0.3) is 11.8 Å². The maximum atomic E-state index is 13.0. The van der Waals surface area contributed by atoms with Crippen LogP contribution in [0.3, 0.4) is 0 Å². The number of methoxy groups -OCH3 is 2. The molecule has 1 aliphatic carbocycles. The Balaban J connectivity index is 1.51. The van der Waals surface area contributed by atoms with Crippen molar-refractivity contribution in [1.82, 2.24) is 15.3 Å². The Hall–Kier alpha value is -3.04. The predicted molar refractivity (Wildman–Crippen MR) is 124 cm³/mol. The first-order valence-electron chi connectivity index (χ1n) is 10.6. The largest absolute Gasteiger partial charge is 0.480 e. The van der Waals surface area contributed by atoms with Crippen molar-refractivity contribution in [2.24, 2.45) is 0 Å². The van der Waals surface area contributed by atoms with Crippen LogP contribution >= 0.6 is 11.3 Å². The molecular weight excluding hydrogens is 428 g/mol. The van der Waals surface area contributed by atoms with Crippen molar-refractivity contribution in [3.8, 4) is 5.88 Å². The summed E-state index contributed by atoms with van der Waals surface area (Å²) in [5.41, 5.74) is 1.96. The Morgan fingerprint density at radius 1 is 1.09 bits per heavy atom. The molecular formula is C23H26N4O4S. The van der Waals surface area contributed by atoms with Crippen LogP contribution in [0.15, 0.2) is 24.3 Å². The number of hydrogen-bond acceptors (Lipinski definition) is 7. The fraction of sp³-hybridized carbons (Fsp3) is 0.391. The van der Waals surface area contributed by atoms with E-state index in [1.807, 2.05) is 6.92 Å². The molecule has 0 aliphatic heterocycles. The van der Waals surface area contributed by atoms with E-state index < -0.39 is 0 Å². The summed E-state index contributed by atoms with van der Waals surface area (Å²) >= 11 is 1.28. The smallest absolute Gasteiger partial charge is 0.266 e. The minimum atomic E-state index is -0.246. The van der Waals surface area contributed by atoms with E-state index >= 15 is 0 Å². The minimum absolute atomic E-state index is 0.0762. The van der Waals surface area contributed by atoms with Gasteiger partial charge < -0.3 is 20.1 Å². The molecule has 1 aromatic carbocycles. The van der Waals surface area contributed by atoms with Crippen LogP contribution < -0.4 is 15.4 Å². The molecule has 1 saturated carbocycles. The number of thiophene rings is 1. The number of rotatable bonds is 7. The first-order chi connectivity index (χ1) is 15.5. The summed E-state index contributed by atoms with van der Waals surface area (Å²) in [6.07, 6.45) is 4.41. The topological polar surface area (TPSA) is 102 Å². The van der Waals surface area contributed by atoms with E-state index in [4.69, 9.17) is 9.47 Å². The number of carbonyl (C=O) groups is 2. The molecule has 2 N–H and O–H groups in total. The minimum Gasteiger partial charge on any atom is -0.480 e. The lowest BCUT2D eigenvalue weighted by Gasteiger charge is -2.12. The summed E-state index contributed by atoms with van der Waals surface area (Å²) in [4.78, 5) is 35.4. The third kappa shape index (κ3) is 4.58. The number of aromatic nitrogens is 2. The van der Waals surface area contributed by atoms with Crippen molar-refractivity contribution in [2.75, 3.05) is 19.5 Å². The molecule has 9 heteroatoms. The lowest BCUT2D eigenvalue weighted by atomic mass is 10.1. The average molecular weight is 455 g/mol. The molecule has 0 bridgehead atoms. The molecule has 2 heterocycles. The summed E-state index contributed by atoms with van der Waals surface area (Å²) in [6.45, 7) is 2.11. The molecule has 0 atom stereocenters. The lowest BCUT2D eigenvalue weighted by Crippen LogP contribution is -2.32. The second-order valence-corrected chi connectivity index (χ2v) is 8.80. The van der Waals surface area contributed by atoms with Crippen LogP contribution in [0.1, 0.15) is 57.1 Å². The summed E-state index contributed by atoms with van der Waals surface area (Å²) in [7, 11) is 3.11. The number of amides is 2. The Kier molecular flexibility index (Phi) is 6.66. The molecule has 2 amide bonds. The quantitative estimate of drug-likeness (QED) is 0.558. The van der Waals surface area contributed by atoms with Crippen LogP contribution in [0.25, 0.3) is 10.2 Å². The summed E-state index contributed by atoms with van der Waals surface area (Å²) in [5.74, 6) is 0.598. The zero-order valence-corrected chi connectivity index (χ0v) is 19.2. The van der Waals surface area contributed by atoms with Gasteiger partial charge in [0.15, 0.2) is 5.82 Å². The number of fused-ring (bicyclic) bond motifs is 1. The van der Waals surface area contributed by atoms with Crippen LogP contribution in [0.2, 0.25) is 0 Å². The zero-order chi connectivity index (χ0) is 22.7. The van der Waals surface area contributed by atoms with Gasteiger partial charge in [-0.15, -0.1) is 11.3 Å². The fourth-order valence-electron chi connectivity index (χ4n) is 3.93. The Bertz CT molecular complexity index is 1140. The van der Waals surface area contributed by atoms with Gasteiger partial charge in [-0.25, -0.2) is 4.98 Å². The number of anilines is 1. The van der Waals surface area contributed by atoms with Crippen LogP contribution in [-0.2, 0) is 11.3 Å². The maximum Gasteiger partial charge on any atom is 0.266 e. The number of ether oxygens (including phenoxy) is 2. The highest BCUT2D eigenvalue weighted by Gasteiger charge is 2.22. The standard InChI is InChI=1S/C23H26N4O4S/c1-13-18-22(31-3)26-17(12-30-2)27-23(18)32-19(13)21(29)25-16-10-8-14(9-11-16)20(28)24-15-6-4-5-7-15/h8-11,15H,4-7,12H2,1-3H3,(H,24,28)(H,25,29). The Morgan fingerprint density at radius 2 is 1.81 bits per heavy atom. The molecule has 32 heavy (non-hydrogen) atoms. The number of nitrogens with one attached hydrogen (secondary N) is 2. The lowest BCUT2D eigenvalue weighted by molar-refractivity contribution is 0.0937. The molecule has 4 rings (SSSR count). The SMILES string of the molecule is COCc1nc(OC)c2c(C)c(C(=O)Nc3ccc(C(=O)NC4CCCC4)cc3)sc2n1. The molecule has 3 aromatic rings. The van der Waals surface area contributed by atoms with Crippen LogP contribution in [0.5, 0.6) is 5.88 Å². The molecule has 0 radical (unpaired) electrons. The average Bonchev–Trinajstić information content (AvgIpc) is 3.41. The van der Waals surface area contributed by atoms with Crippen LogP contribution in [0.4, 0.5) is 5.69 Å². The first kappa shape index (κ1) is 22.2. The molecule has 0 spiro atoms. The van der Waals surface area contributed by atoms with Gasteiger partial charge in [-0.3, -0.25) is 9.59 Å². The number of benzene rings is 1. The summed E-state index contributed by atoms with van der Waals surface area (Å²) < 4.78 is 10.5. The van der Waals surface area contributed by atoms with Gasteiger partial charge >= 0.3 is 0 Å². The molecule has 2 aromatic heterocycles. The number of carbonyl (C=O) groups excluding carboxylic acids is 2. The summed E-state index contributed by atoms with van der Waals surface area (Å²) in [5, 5.41) is 6.70. The number of aryl methyl sites for hydroxylation is 1. The summed E-state index contributed by atoms with van der Waals surface area (Å²) in [6, 6.07) is 7.19. The zero-order valence-electron chi connectivity index (χ0n) is 18.4. The number of nitrogens with zero attached hydrogens (tertiary/aromatic N) is 2. The molecule has 0 unspecified atom stereocenters. The van der Waals surface area contributed by atoms with E-state index in [1.165, 1.54) is 11.3 Å². The van der Waals surface area contributed by atoms with Gasteiger partial charge in [0, 0.05) is 24.4 Å². The van der Waals surface area contributed by atoms with Crippen molar-refractivity contribution in [3.63, 3.8) is 0 Å². The Labute approximate surface area is 190 Å². The monoisotopic (exact) mass is 454 g/mol. The van der Waals surface area contributed by atoms with Gasteiger partial charge in [-0.1, -0.05) is 12.8 Å². The second-order valence-electron chi connectivity index (χ2n) is 7.80. The van der Waals surface area contributed by atoms with Gasteiger partial charge in [0.1, 0.15) is 11.4 Å². The predicted octanol–water partition coefficient (Wildman–Crippen LogP) is 4.08. The molecule has 8 nitrogen and oxygen atoms in total. The third-order valence-electron chi connectivity index (χ3n) is 5.57. The van der Waals surface area contributed by atoms with Gasteiger partial charge in [-0.05, 0) is 49.6 Å². The Morgan fingerprint density at radius 3 is 2.47 bits per heavy atom. The van der Waals surface area contributed by atoms with E-state index in [2.05, 4.69) is 20.6 Å². The van der Waals surface area contributed by atoms with Crippen molar-refractivity contribution in [2.45, 2.75) is 45.3 Å². The van der Waals surface area contributed by atoms with Crippen LogP contribution in [0, 0.1) is 6.92 Å². The van der Waals surface area contributed by atoms with Crippen molar-refractivity contribution in [3.05, 3.63) is 46.1 Å². The van der Waals surface area contributed by atoms with Crippen molar-refractivity contribution in [1.29, 1.82) is 0 Å². The highest BCUT2D eigenvalue weighted by Crippen LogP contribution is 2.35. The normalized spacial score (nSPS) is 14.0. The highest BCUT2D eigenvalue weighted by molar-refractivity contribution is 7.20. The molecule has 0 saturated heterocycles. The molecule has 1 aliphatic rings. The fourth-order valence-corrected chi connectivity index (χ4v) is 5.02. The second kappa shape index (κ2) is 9.62. The molecule has 168 valence electrons. The van der Waals surface area contributed by atoms with Gasteiger partial charge in [0.05, 0.1) is 17.4 Å². The first-order valence-corrected chi connectivity index (χ1v) is 11.4. The van der Waals surface area contributed by atoms with Crippen LogP contribution in [-0.4, -0.2) is 42.0 Å². The van der Waals surface area contributed by atoms with Crippen molar-refractivity contribution < 1.29 is 19.1 Å².